The van der Waals surface area contributed by atoms with E-state index in [9.17, 15) is 18.0 Å². The molecule has 1 saturated heterocycles. The number of rotatable bonds is 3. The molecule has 0 spiro atoms. The van der Waals surface area contributed by atoms with Crippen molar-refractivity contribution in [3.63, 3.8) is 0 Å². The van der Waals surface area contributed by atoms with E-state index in [2.05, 4.69) is 9.88 Å². The summed E-state index contributed by atoms with van der Waals surface area (Å²) in [6.07, 6.45) is -1.99. The first-order chi connectivity index (χ1) is 11.3. The van der Waals surface area contributed by atoms with Gasteiger partial charge in [-0.2, -0.15) is 13.2 Å². The number of nitrogens with zero attached hydrogens (tertiary/aromatic N) is 1. The van der Waals surface area contributed by atoms with Gasteiger partial charge in [0.05, 0.1) is 5.56 Å². The average molecular weight is 338 g/mol. The van der Waals surface area contributed by atoms with Gasteiger partial charge in [0.2, 0.25) is 5.56 Å². The van der Waals surface area contributed by atoms with Crippen molar-refractivity contribution in [1.29, 1.82) is 0 Å². The van der Waals surface area contributed by atoms with E-state index >= 15 is 0 Å². The summed E-state index contributed by atoms with van der Waals surface area (Å²) in [5.74, 6) is 0. The third-order valence-electron chi connectivity index (χ3n) is 4.69. The Hall–Kier alpha value is -2.02. The van der Waals surface area contributed by atoms with Crippen LogP contribution in [0.15, 0.2) is 29.1 Å². The van der Waals surface area contributed by atoms with Crippen LogP contribution in [0.25, 0.3) is 16.6 Å². The summed E-state index contributed by atoms with van der Waals surface area (Å²) in [5, 5.41) is 0.00308. The fraction of sp³-hybridized carbons (Fsp3) is 0.471. The Bertz CT molecular complexity index is 798. The minimum absolute atomic E-state index is 0.00308. The molecule has 1 aromatic heterocycles. The fourth-order valence-electron chi connectivity index (χ4n) is 3.62. The Balaban J connectivity index is 2.14. The maximum absolute atomic E-state index is 13.3. The van der Waals surface area contributed by atoms with Crippen molar-refractivity contribution in [1.82, 2.24) is 4.98 Å². The molecule has 24 heavy (non-hydrogen) atoms. The Morgan fingerprint density at radius 2 is 2.04 bits per heavy atom. The summed E-state index contributed by atoms with van der Waals surface area (Å²) in [6, 6.07) is 5.79. The number of alkyl halides is 3. The van der Waals surface area contributed by atoms with E-state index < -0.39 is 17.3 Å². The monoisotopic (exact) mass is 338 g/mol. The van der Waals surface area contributed by atoms with Crippen LogP contribution in [0.2, 0.25) is 0 Å². The highest BCUT2D eigenvalue weighted by atomic mass is 19.4. The topological polar surface area (TPSA) is 59.9 Å². The van der Waals surface area contributed by atoms with Crippen LogP contribution in [0.5, 0.6) is 0 Å². The van der Waals surface area contributed by atoms with Gasteiger partial charge in [-0.15, -0.1) is 6.54 Å². The lowest BCUT2D eigenvalue weighted by Crippen LogP contribution is -2.34. The molecule has 2 atom stereocenters. The minimum atomic E-state index is -4.58. The average Bonchev–Trinajstić information content (AvgIpc) is 2.86. The molecular formula is C17H19F3N3O-. The second-order valence-corrected chi connectivity index (χ2v) is 6.30. The summed E-state index contributed by atoms with van der Waals surface area (Å²) in [4.78, 5) is 16.1. The smallest absolute Gasteiger partial charge is 0.417 e. The van der Waals surface area contributed by atoms with Crippen LogP contribution in [0.3, 0.4) is 0 Å². The maximum atomic E-state index is 13.3. The largest absolute Gasteiger partial charge is 0.677 e. The van der Waals surface area contributed by atoms with Gasteiger partial charge >= 0.3 is 6.18 Å². The number of hydrogen-bond donors (Lipinski definition) is 1. The molecule has 0 unspecified atom stereocenters. The summed E-state index contributed by atoms with van der Waals surface area (Å²) >= 11 is 0. The van der Waals surface area contributed by atoms with Crippen LogP contribution in [0, 0.1) is 0 Å². The standard InChI is InChI=1S/C17H19F3N3O/c1-10-2-3-11(6-7-21)23(10)12-4-5-15-13(8-12)14(17(18,19)20)9-16(24)22-15/h4-5,8-11,21H,2-3,6-7H2,1H3,(H,22,24)/q-1/t10-,11-/m1/s1. The molecule has 0 amide bonds. The van der Waals surface area contributed by atoms with Gasteiger partial charge in [0, 0.05) is 34.7 Å². The minimum Gasteiger partial charge on any atom is -0.677 e. The number of aromatic amines is 1. The van der Waals surface area contributed by atoms with E-state index in [1.807, 2.05) is 6.92 Å². The lowest BCUT2D eigenvalue weighted by atomic mass is 10.1. The number of hydrogen-bond acceptors (Lipinski definition) is 2. The number of aromatic nitrogens is 1. The van der Waals surface area contributed by atoms with Crippen molar-refractivity contribution in [2.45, 2.75) is 44.4 Å². The molecular weight excluding hydrogens is 319 g/mol. The Morgan fingerprint density at radius 3 is 2.71 bits per heavy atom. The number of fused-ring (bicyclic) bond motifs is 1. The molecule has 2 N–H and O–H groups in total. The van der Waals surface area contributed by atoms with E-state index in [1.165, 1.54) is 12.1 Å². The van der Waals surface area contributed by atoms with Gasteiger partial charge in [0.1, 0.15) is 0 Å². The van der Waals surface area contributed by atoms with Crippen LogP contribution in [-0.2, 0) is 6.18 Å². The molecule has 3 rings (SSSR count). The number of benzene rings is 1. The second-order valence-electron chi connectivity index (χ2n) is 6.30. The van der Waals surface area contributed by atoms with Gasteiger partial charge in [-0.3, -0.25) is 4.79 Å². The van der Waals surface area contributed by atoms with Crippen LogP contribution < -0.4 is 10.5 Å². The lowest BCUT2D eigenvalue weighted by Gasteiger charge is -2.32. The van der Waals surface area contributed by atoms with Gasteiger partial charge in [0.25, 0.3) is 0 Å². The molecule has 130 valence electrons. The van der Waals surface area contributed by atoms with E-state index in [1.54, 1.807) is 6.07 Å². The Morgan fingerprint density at radius 1 is 1.29 bits per heavy atom. The van der Waals surface area contributed by atoms with Crippen molar-refractivity contribution < 1.29 is 13.2 Å². The zero-order chi connectivity index (χ0) is 17.5. The molecule has 0 aliphatic carbocycles. The number of anilines is 1. The third kappa shape index (κ3) is 3.00. The molecule has 7 heteroatoms. The highest BCUT2D eigenvalue weighted by Crippen LogP contribution is 2.37. The second kappa shape index (κ2) is 6.12. The van der Waals surface area contributed by atoms with Crippen LogP contribution in [0.4, 0.5) is 18.9 Å². The first-order valence-corrected chi connectivity index (χ1v) is 7.98. The fourth-order valence-corrected chi connectivity index (χ4v) is 3.62. The molecule has 1 aliphatic rings. The quantitative estimate of drug-likeness (QED) is 0.904. The van der Waals surface area contributed by atoms with Crippen molar-refractivity contribution in [3.05, 3.63) is 45.9 Å². The molecule has 4 nitrogen and oxygen atoms in total. The van der Waals surface area contributed by atoms with E-state index in [4.69, 9.17) is 5.73 Å². The van der Waals surface area contributed by atoms with Crippen LogP contribution >= 0.6 is 0 Å². The molecule has 1 aromatic carbocycles. The number of H-pyrrole nitrogens is 1. The van der Waals surface area contributed by atoms with Crippen molar-refractivity contribution in [2.24, 2.45) is 0 Å². The summed E-state index contributed by atoms with van der Waals surface area (Å²) in [7, 11) is 0. The molecule has 0 saturated carbocycles. The highest BCUT2D eigenvalue weighted by Gasteiger charge is 2.34. The first kappa shape index (κ1) is 16.8. The zero-order valence-corrected chi connectivity index (χ0v) is 13.3. The molecule has 2 heterocycles. The van der Waals surface area contributed by atoms with Gasteiger partial charge in [0.15, 0.2) is 0 Å². The Kier molecular flexibility index (Phi) is 4.29. The third-order valence-corrected chi connectivity index (χ3v) is 4.69. The number of nitrogens with one attached hydrogen (secondary N) is 2. The van der Waals surface area contributed by atoms with Crippen molar-refractivity contribution in [2.75, 3.05) is 11.4 Å². The number of halogens is 3. The van der Waals surface area contributed by atoms with E-state index in [-0.39, 0.29) is 23.0 Å². The lowest BCUT2D eigenvalue weighted by molar-refractivity contribution is -0.136. The van der Waals surface area contributed by atoms with Gasteiger partial charge < -0.3 is 15.6 Å². The first-order valence-electron chi connectivity index (χ1n) is 7.98. The number of pyridine rings is 1. The van der Waals surface area contributed by atoms with Gasteiger partial charge in [-0.25, -0.2) is 0 Å². The van der Waals surface area contributed by atoms with Crippen molar-refractivity contribution >= 4 is 16.6 Å². The highest BCUT2D eigenvalue weighted by molar-refractivity contribution is 5.86. The van der Waals surface area contributed by atoms with Crippen LogP contribution in [0.1, 0.15) is 31.7 Å². The van der Waals surface area contributed by atoms with E-state index in [0.29, 0.717) is 24.7 Å². The summed E-state index contributed by atoms with van der Waals surface area (Å²) in [5.41, 5.74) is 6.67. The predicted octanol–water partition coefficient (Wildman–Crippen LogP) is 4.35. The molecule has 2 aromatic rings. The van der Waals surface area contributed by atoms with Gasteiger partial charge in [-0.05, 0) is 38.0 Å². The SMILES string of the molecule is C[C@@H]1CC[C@H](CC[NH-])N1c1ccc2[nH]c(=O)cc(C(F)(F)F)c2c1. The van der Waals surface area contributed by atoms with E-state index in [0.717, 1.165) is 12.8 Å². The molecule has 0 bridgehead atoms. The normalized spacial score (nSPS) is 21.6. The molecule has 1 fully saturated rings. The maximum Gasteiger partial charge on any atom is 0.417 e. The molecule has 1 aliphatic heterocycles. The van der Waals surface area contributed by atoms with Gasteiger partial charge in [-0.1, -0.05) is 6.42 Å². The molecule has 0 radical (unpaired) electrons. The summed E-state index contributed by atoms with van der Waals surface area (Å²) in [6.45, 7) is 2.34. The Labute approximate surface area is 137 Å². The van der Waals surface area contributed by atoms with Crippen LogP contribution in [-0.4, -0.2) is 23.6 Å². The zero-order valence-electron chi connectivity index (χ0n) is 13.3. The predicted molar refractivity (Wildman–Crippen MR) is 88.3 cm³/mol. The summed E-state index contributed by atoms with van der Waals surface area (Å²) < 4.78 is 39.9. The van der Waals surface area contributed by atoms with Crippen molar-refractivity contribution in [3.8, 4) is 0 Å².